The lowest BCUT2D eigenvalue weighted by Gasteiger charge is -2.16. The fourth-order valence-corrected chi connectivity index (χ4v) is 2.25. The van der Waals surface area contributed by atoms with E-state index in [2.05, 4.69) is 15.9 Å². The van der Waals surface area contributed by atoms with Crippen molar-refractivity contribution in [3.05, 3.63) is 28.2 Å². The number of hydrogen-bond donors (Lipinski definition) is 0. The average molecular weight is 298 g/mol. The van der Waals surface area contributed by atoms with E-state index < -0.39 is 0 Å². The van der Waals surface area contributed by atoms with Gasteiger partial charge >= 0.3 is 0 Å². The second-order valence-corrected chi connectivity index (χ2v) is 4.75. The molecule has 0 N–H and O–H groups in total. The number of carbonyl (C=O) groups is 2. The highest BCUT2D eigenvalue weighted by molar-refractivity contribution is 9.10. The number of carbonyl (C=O) groups excluding carboxylic acids is 2. The third-order valence-electron chi connectivity index (χ3n) is 2.73. The molecule has 5 heteroatoms. The molecule has 0 aromatic heterocycles. The lowest BCUT2D eigenvalue weighted by molar-refractivity contribution is -0.139. The Morgan fingerprint density at radius 3 is 2.53 bits per heavy atom. The highest BCUT2D eigenvalue weighted by Crippen LogP contribution is 2.26. The number of amides is 2. The second-order valence-electron chi connectivity index (χ2n) is 3.83. The maximum atomic E-state index is 11.5. The highest BCUT2D eigenvalue weighted by Gasteiger charge is 2.29. The van der Waals surface area contributed by atoms with Crippen LogP contribution in [0.25, 0.3) is 0 Å². The van der Waals surface area contributed by atoms with Gasteiger partial charge in [0.1, 0.15) is 5.75 Å². The van der Waals surface area contributed by atoms with Crippen molar-refractivity contribution in [2.24, 2.45) is 0 Å². The molecule has 0 bridgehead atoms. The zero-order valence-corrected chi connectivity index (χ0v) is 11.0. The van der Waals surface area contributed by atoms with E-state index in [1.165, 1.54) is 4.90 Å². The molecule has 2 rings (SSSR count). The normalized spacial score (nSPS) is 15.5. The summed E-state index contributed by atoms with van der Waals surface area (Å²) in [5.41, 5.74) is 0.825. The summed E-state index contributed by atoms with van der Waals surface area (Å²) in [6, 6.07) is 5.53. The van der Waals surface area contributed by atoms with Gasteiger partial charge in [0.05, 0.1) is 13.7 Å². The first-order valence-corrected chi connectivity index (χ1v) is 6.06. The van der Waals surface area contributed by atoms with Crippen LogP contribution in [0.5, 0.6) is 5.75 Å². The van der Waals surface area contributed by atoms with Gasteiger partial charge in [-0.25, -0.2) is 0 Å². The topological polar surface area (TPSA) is 46.6 Å². The predicted molar refractivity (Wildman–Crippen MR) is 65.5 cm³/mol. The maximum absolute atomic E-state index is 11.5. The van der Waals surface area contributed by atoms with Crippen LogP contribution in [0.3, 0.4) is 0 Å². The van der Waals surface area contributed by atoms with Gasteiger partial charge in [-0.05, 0) is 18.2 Å². The molecule has 0 aliphatic carbocycles. The summed E-state index contributed by atoms with van der Waals surface area (Å²) >= 11 is 3.36. The molecule has 1 aromatic carbocycles. The van der Waals surface area contributed by atoms with Crippen molar-refractivity contribution >= 4 is 27.7 Å². The molecule has 90 valence electrons. The molecule has 2 amide bonds. The van der Waals surface area contributed by atoms with E-state index in [4.69, 9.17) is 4.74 Å². The fourth-order valence-electron chi connectivity index (χ4n) is 1.84. The Morgan fingerprint density at radius 1 is 1.29 bits per heavy atom. The number of likely N-dealkylation sites (tertiary alicyclic amines) is 1. The molecule has 4 nitrogen and oxygen atoms in total. The fraction of sp³-hybridized carbons (Fsp3) is 0.333. The monoisotopic (exact) mass is 297 g/mol. The molecule has 1 saturated heterocycles. The molecule has 0 atom stereocenters. The van der Waals surface area contributed by atoms with Crippen LogP contribution in [-0.4, -0.2) is 23.8 Å². The van der Waals surface area contributed by atoms with E-state index in [0.717, 1.165) is 10.0 Å². The number of nitrogens with zero attached hydrogens (tertiary/aromatic N) is 1. The smallest absolute Gasteiger partial charge is 0.230 e. The molecule has 0 unspecified atom stereocenters. The first-order chi connectivity index (χ1) is 8.11. The van der Waals surface area contributed by atoms with Crippen molar-refractivity contribution < 1.29 is 14.3 Å². The van der Waals surface area contributed by atoms with Gasteiger partial charge in [-0.1, -0.05) is 15.9 Å². The Morgan fingerprint density at radius 2 is 1.94 bits per heavy atom. The lowest BCUT2D eigenvalue weighted by atomic mass is 10.2. The van der Waals surface area contributed by atoms with Crippen molar-refractivity contribution in [1.82, 2.24) is 4.90 Å². The number of hydrogen-bond acceptors (Lipinski definition) is 3. The van der Waals surface area contributed by atoms with Crippen molar-refractivity contribution in [2.75, 3.05) is 7.11 Å². The summed E-state index contributed by atoms with van der Waals surface area (Å²) in [4.78, 5) is 24.3. The summed E-state index contributed by atoms with van der Waals surface area (Å²) in [7, 11) is 1.57. The van der Waals surface area contributed by atoms with Gasteiger partial charge in [-0.15, -0.1) is 0 Å². The zero-order chi connectivity index (χ0) is 12.4. The minimum Gasteiger partial charge on any atom is -0.496 e. The minimum atomic E-state index is -0.114. The molecule has 0 spiro atoms. The van der Waals surface area contributed by atoms with E-state index in [9.17, 15) is 9.59 Å². The molecule has 1 heterocycles. The summed E-state index contributed by atoms with van der Waals surface area (Å²) in [6.07, 6.45) is 0.629. The molecule has 1 aromatic rings. The summed E-state index contributed by atoms with van der Waals surface area (Å²) in [6.45, 7) is 0.278. The third kappa shape index (κ3) is 2.49. The van der Waals surface area contributed by atoms with Gasteiger partial charge in [0.15, 0.2) is 0 Å². The van der Waals surface area contributed by atoms with Gasteiger partial charge in [-0.2, -0.15) is 0 Å². The van der Waals surface area contributed by atoms with Crippen LogP contribution in [0.1, 0.15) is 18.4 Å². The van der Waals surface area contributed by atoms with E-state index in [1.54, 1.807) is 7.11 Å². The number of imide groups is 1. The van der Waals surface area contributed by atoms with Gasteiger partial charge in [-0.3, -0.25) is 14.5 Å². The van der Waals surface area contributed by atoms with Crippen molar-refractivity contribution in [2.45, 2.75) is 19.4 Å². The molecule has 1 aliphatic rings. The second kappa shape index (κ2) is 4.87. The van der Waals surface area contributed by atoms with Gasteiger partial charge in [0, 0.05) is 22.9 Å². The quantitative estimate of drug-likeness (QED) is 0.803. The minimum absolute atomic E-state index is 0.114. The number of methoxy groups -OCH3 is 1. The molecule has 1 aliphatic heterocycles. The van der Waals surface area contributed by atoms with E-state index >= 15 is 0 Å². The Balaban J connectivity index is 2.25. The van der Waals surface area contributed by atoms with Crippen molar-refractivity contribution in [3.63, 3.8) is 0 Å². The number of halogens is 1. The summed E-state index contributed by atoms with van der Waals surface area (Å²) in [5, 5.41) is 0. The van der Waals surface area contributed by atoms with Crippen LogP contribution in [-0.2, 0) is 16.1 Å². The summed E-state index contributed by atoms with van der Waals surface area (Å²) < 4.78 is 6.11. The van der Waals surface area contributed by atoms with Crippen LogP contribution in [0, 0.1) is 0 Å². The Labute approximate surface area is 108 Å². The largest absolute Gasteiger partial charge is 0.496 e. The van der Waals surface area contributed by atoms with Gasteiger partial charge < -0.3 is 4.74 Å². The van der Waals surface area contributed by atoms with E-state index in [0.29, 0.717) is 18.6 Å². The van der Waals surface area contributed by atoms with Crippen LogP contribution in [0.2, 0.25) is 0 Å². The van der Waals surface area contributed by atoms with Crippen LogP contribution >= 0.6 is 15.9 Å². The Kier molecular flexibility index (Phi) is 3.47. The number of ether oxygens (including phenoxy) is 1. The average Bonchev–Trinajstić information content (AvgIpc) is 2.61. The van der Waals surface area contributed by atoms with Crippen LogP contribution in [0.15, 0.2) is 22.7 Å². The first-order valence-electron chi connectivity index (χ1n) is 5.27. The Bertz CT molecular complexity index is 457. The van der Waals surface area contributed by atoms with Crippen LogP contribution in [0.4, 0.5) is 0 Å². The maximum Gasteiger partial charge on any atom is 0.230 e. The third-order valence-corrected chi connectivity index (χ3v) is 3.22. The van der Waals surface area contributed by atoms with Gasteiger partial charge in [0.25, 0.3) is 0 Å². The molecule has 1 fully saturated rings. The molecular formula is C12H12BrNO3. The molecule has 17 heavy (non-hydrogen) atoms. The number of benzene rings is 1. The summed E-state index contributed by atoms with van der Waals surface area (Å²) in [5.74, 6) is 0.453. The molecular weight excluding hydrogens is 286 g/mol. The van der Waals surface area contributed by atoms with Crippen molar-refractivity contribution in [1.29, 1.82) is 0 Å². The number of rotatable bonds is 3. The Hall–Kier alpha value is -1.36. The molecule has 0 radical (unpaired) electrons. The van der Waals surface area contributed by atoms with Crippen molar-refractivity contribution in [3.8, 4) is 5.75 Å². The first kappa shape index (κ1) is 12.1. The highest BCUT2D eigenvalue weighted by atomic mass is 79.9. The predicted octanol–water partition coefficient (Wildman–Crippen LogP) is 2.11. The SMILES string of the molecule is COc1ccc(Br)cc1CN1C(=O)CCC1=O. The van der Waals surface area contributed by atoms with Crippen LogP contribution < -0.4 is 4.74 Å². The lowest BCUT2D eigenvalue weighted by Crippen LogP contribution is -2.28. The van der Waals surface area contributed by atoms with E-state index in [-0.39, 0.29) is 18.4 Å². The standard InChI is InChI=1S/C12H12BrNO3/c1-17-10-3-2-9(13)6-8(10)7-14-11(15)4-5-12(14)16/h2-3,6H,4-5,7H2,1H3. The zero-order valence-electron chi connectivity index (χ0n) is 9.40. The van der Waals surface area contributed by atoms with E-state index in [1.807, 2.05) is 18.2 Å². The van der Waals surface area contributed by atoms with Gasteiger partial charge in [0.2, 0.25) is 11.8 Å². The molecule has 0 saturated carbocycles.